The Labute approximate surface area is 161 Å². The number of rotatable bonds is 7. The monoisotopic (exact) mass is 385 g/mol. The van der Waals surface area contributed by atoms with Crippen LogP contribution in [-0.4, -0.2) is 36.1 Å². The molecule has 0 spiro atoms. The van der Waals surface area contributed by atoms with Crippen molar-refractivity contribution in [1.82, 2.24) is 10.6 Å². The van der Waals surface area contributed by atoms with E-state index in [-0.39, 0.29) is 24.4 Å². The van der Waals surface area contributed by atoms with Crippen molar-refractivity contribution in [3.63, 3.8) is 0 Å². The Morgan fingerprint density at radius 2 is 1.96 bits per heavy atom. The quantitative estimate of drug-likeness (QED) is 0.682. The lowest BCUT2D eigenvalue weighted by molar-refractivity contribution is -0.137. The molecule has 28 heavy (non-hydrogen) atoms. The molecule has 2 aromatic rings. The van der Waals surface area contributed by atoms with Crippen LogP contribution in [0.15, 0.2) is 48.5 Å². The van der Waals surface area contributed by atoms with Gasteiger partial charge in [-0.3, -0.25) is 14.5 Å². The van der Waals surface area contributed by atoms with Crippen molar-refractivity contribution in [3.8, 4) is 0 Å². The minimum absolute atomic E-state index is 0.143. The average molecular weight is 385 g/mol. The van der Waals surface area contributed by atoms with Gasteiger partial charge in [0.1, 0.15) is 5.82 Å². The van der Waals surface area contributed by atoms with Gasteiger partial charge >= 0.3 is 12.0 Å². The summed E-state index contributed by atoms with van der Waals surface area (Å²) in [5.74, 6) is -2.37. The number of anilines is 1. The van der Waals surface area contributed by atoms with Gasteiger partial charge in [0.05, 0.1) is 11.6 Å². The molecular formula is C20H20FN3O4. The average Bonchev–Trinajstić information content (AvgIpc) is 3.12. The molecule has 3 amide bonds. The number of carbonyl (C=O) groups excluding carboxylic acids is 2. The number of hydrogen-bond acceptors (Lipinski definition) is 3. The molecule has 1 heterocycles. The second-order valence-corrected chi connectivity index (χ2v) is 6.42. The van der Waals surface area contributed by atoms with E-state index >= 15 is 0 Å². The Kier molecular flexibility index (Phi) is 5.88. The van der Waals surface area contributed by atoms with E-state index in [9.17, 15) is 18.8 Å². The molecule has 0 bridgehead atoms. The van der Waals surface area contributed by atoms with Gasteiger partial charge in [-0.25, -0.2) is 9.18 Å². The number of hydrogen-bond donors (Lipinski definition) is 3. The van der Waals surface area contributed by atoms with E-state index in [4.69, 9.17) is 5.11 Å². The molecule has 1 aliphatic heterocycles. The van der Waals surface area contributed by atoms with Crippen LogP contribution in [0, 0.1) is 5.82 Å². The number of urea groups is 1. The van der Waals surface area contributed by atoms with E-state index in [0.717, 1.165) is 11.6 Å². The van der Waals surface area contributed by atoms with Crippen LogP contribution < -0.4 is 15.5 Å². The van der Waals surface area contributed by atoms with Crippen LogP contribution in [-0.2, 0) is 4.79 Å². The summed E-state index contributed by atoms with van der Waals surface area (Å²) in [4.78, 5) is 36.9. The largest absolute Gasteiger partial charge is 0.481 e. The summed E-state index contributed by atoms with van der Waals surface area (Å²) in [7, 11) is 0. The highest BCUT2D eigenvalue weighted by Crippen LogP contribution is 2.23. The van der Waals surface area contributed by atoms with Gasteiger partial charge in [-0.15, -0.1) is 0 Å². The highest BCUT2D eigenvalue weighted by Gasteiger charge is 2.24. The molecular weight excluding hydrogens is 365 g/mol. The third-order valence-corrected chi connectivity index (χ3v) is 4.52. The molecule has 3 rings (SSSR count). The molecule has 0 aromatic heterocycles. The molecule has 146 valence electrons. The van der Waals surface area contributed by atoms with Crippen molar-refractivity contribution in [2.24, 2.45) is 0 Å². The van der Waals surface area contributed by atoms with Crippen molar-refractivity contribution < 1.29 is 23.9 Å². The van der Waals surface area contributed by atoms with Gasteiger partial charge in [0.25, 0.3) is 5.91 Å². The van der Waals surface area contributed by atoms with Crippen LogP contribution >= 0.6 is 0 Å². The zero-order valence-electron chi connectivity index (χ0n) is 15.0. The number of benzene rings is 2. The Morgan fingerprint density at radius 1 is 1.21 bits per heavy atom. The number of halogens is 1. The molecule has 1 aliphatic rings. The van der Waals surface area contributed by atoms with Crippen LogP contribution in [0.3, 0.4) is 0 Å². The fourth-order valence-electron chi connectivity index (χ4n) is 3.08. The SMILES string of the molecule is O=C(O)CCC(NC(=O)c1cc(N2CCNC2=O)ccc1F)c1ccccc1. The van der Waals surface area contributed by atoms with Crippen LogP contribution in [0.4, 0.5) is 14.9 Å². The summed E-state index contributed by atoms with van der Waals surface area (Å²) in [5.41, 5.74) is 0.949. The normalized spacial score (nSPS) is 14.5. The van der Waals surface area contributed by atoms with Gasteiger partial charge in [0.15, 0.2) is 0 Å². The molecule has 1 fully saturated rings. The maximum absolute atomic E-state index is 14.3. The number of carboxylic acids is 1. The topological polar surface area (TPSA) is 98.7 Å². The van der Waals surface area contributed by atoms with Gasteiger partial charge in [-0.1, -0.05) is 30.3 Å². The number of amides is 3. The Morgan fingerprint density at radius 3 is 2.61 bits per heavy atom. The summed E-state index contributed by atoms with van der Waals surface area (Å²) in [5, 5.41) is 14.3. The molecule has 8 heteroatoms. The second kappa shape index (κ2) is 8.51. The van der Waals surface area contributed by atoms with Gasteiger partial charge in [0.2, 0.25) is 0 Å². The lowest BCUT2D eigenvalue weighted by Crippen LogP contribution is -2.31. The van der Waals surface area contributed by atoms with Crippen LogP contribution in [0.5, 0.6) is 0 Å². The minimum Gasteiger partial charge on any atom is -0.481 e. The molecule has 0 aliphatic carbocycles. The minimum atomic E-state index is -0.983. The van der Waals surface area contributed by atoms with E-state index in [1.54, 1.807) is 24.3 Å². The Balaban J connectivity index is 1.83. The number of carboxylic acid groups (broad SMARTS) is 1. The van der Waals surface area contributed by atoms with Gasteiger partial charge < -0.3 is 15.7 Å². The highest BCUT2D eigenvalue weighted by atomic mass is 19.1. The van der Waals surface area contributed by atoms with Crippen molar-refractivity contribution >= 4 is 23.6 Å². The first-order valence-corrected chi connectivity index (χ1v) is 8.88. The number of nitrogens with zero attached hydrogens (tertiary/aromatic N) is 1. The van der Waals surface area contributed by atoms with Crippen LogP contribution in [0.2, 0.25) is 0 Å². The fourth-order valence-corrected chi connectivity index (χ4v) is 3.08. The molecule has 3 N–H and O–H groups in total. The van der Waals surface area contributed by atoms with Crippen molar-refractivity contribution in [2.75, 3.05) is 18.0 Å². The number of aliphatic carboxylic acids is 1. The maximum Gasteiger partial charge on any atom is 0.321 e. The van der Waals surface area contributed by atoms with E-state index in [2.05, 4.69) is 10.6 Å². The van der Waals surface area contributed by atoms with Crippen molar-refractivity contribution in [1.29, 1.82) is 0 Å². The third kappa shape index (κ3) is 4.46. The lowest BCUT2D eigenvalue weighted by Gasteiger charge is -2.20. The molecule has 1 unspecified atom stereocenters. The predicted octanol–water partition coefficient (Wildman–Crippen LogP) is 2.69. The number of nitrogens with one attached hydrogen (secondary N) is 2. The maximum atomic E-state index is 14.3. The van der Waals surface area contributed by atoms with Gasteiger partial charge in [0, 0.05) is 25.2 Å². The molecule has 2 aromatic carbocycles. The van der Waals surface area contributed by atoms with Crippen molar-refractivity contribution in [3.05, 3.63) is 65.5 Å². The smallest absolute Gasteiger partial charge is 0.321 e. The first-order chi connectivity index (χ1) is 13.5. The zero-order valence-corrected chi connectivity index (χ0v) is 15.0. The summed E-state index contributed by atoms with van der Waals surface area (Å²) >= 11 is 0. The lowest BCUT2D eigenvalue weighted by atomic mass is 10.0. The summed E-state index contributed by atoms with van der Waals surface area (Å²) < 4.78 is 14.3. The summed E-state index contributed by atoms with van der Waals surface area (Å²) in [6.45, 7) is 0.903. The van der Waals surface area contributed by atoms with E-state index in [0.29, 0.717) is 18.8 Å². The molecule has 0 saturated carbocycles. The van der Waals surface area contributed by atoms with E-state index in [1.165, 1.54) is 17.0 Å². The molecule has 1 atom stereocenters. The Hall–Kier alpha value is -3.42. The first-order valence-electron chi connectivity index (χ1n) is 8.88. The third-order valence-electron chi connectivity index (χ3n) is 4.52. The fraction of sp³-hybridized carbons (Fsp3) is 0.250. The first kappa shape index (κ1) is 19.3. The molecule has 1 saturated heterocycles. The summed E-state index contributed by atoms with van der Waals surface area (Å²) in [6, 6.07) is 11.9. The molecule has 0 radical (unpaired) electrons. The second-order valence-electron chi connectivity index (χ2n) is 6.42. The van der Waals surface area contributed by atoms with Gasteiger partial charge in [-0.2, -0.15) is 0 Å². The predicted molar refractivity (Wildman–Crippen MR) is 101 cm³/mol. The van der Waals surface area contributed by atoms with Gasteiger partial charge in [-0.05, 0) is 30.2 Å². The standard InChI is InChI=1S/C20H20FN3O4/c21-16-7-6-14(24-11-10-22-20(24)28)12-15(16)19(27)23-17(8-9-18(25)26)13-4-2-1-3-5-13/h1-7,12,17H,8-11H2,(H,22,28)(H,23,27)(H,25,26). The van der Waals surface area contributed by atoms with Crippen LogP contribution in [0.25, 0.3) is 0 Å². The number of carbonyl (C=O) groups is 3. The van der Waals surface area contributed by atoms with Crippen LogP contribution in [0.1, 0.15) is 34.8 Å². The zero-order chi connectivity index (χ0) is 20.1. The van der Waals surface area contributed by atoms with E-state index < -0.39 is 23.7 Å². The Bertz CT molecular complexity index is 888. The highest BCUT2D eigenvalue weighted by molar-refractivity contribution is 5.98. The van der Waals surface area contributed by atoms with E-state index in [1.807, 2.05) is 6.07 Å². The molecule has 7 nitrogen and oxygen atoms in total. The summed E-state index contributed by atoms with van der Waals surface area (Å²) in [6.07, 6.45) is 0.0250. The van der Waals surface area contributed by atoms with Crippen molar-refractivity contribution in [2.45, 2.75) is 18.9 Å².